The van der Waals surface area contributed by atoms with Gasteiger partial charge in [0.25, 0.3) is 5.91 Å². The van der Waals surface area contributed by atoms with Crippen LogP contribution in [0.15, 0.2) is 18.2 Å². The van der Waals surface area contributed by atoms with Crippen LogP contribution in [-0.4, -0.2) is 47.5 Å². The Bertz CT molecular complexity index is 637. The van der Waals surface area contributed by atoms with E-state index in [1.807, 2.05) is 0 Å². The van der Waals surface area contributed by atoms with Crippen molar-refractivity contribution < 1.29 is 14.5 Å². The Morgan fingerprint density at radius 2 is 2.04 bits per heavy atom. The number of nitro groups is 1. The van der Waals surface area contributed by atoms with Gasteiger partial charge in [-0.05, 0) is 44.7 Å². The van der Waals surface area contributed by atoms with Crippen LogP contribution in [0.3, 0.4) is 0 Å². The van der Waals surface area contributed by atoms with Crippen molar-refractivity contribution in [2.75, 3.05) is 13.7 Å². The van der Waals surface area contributed by atoms with Crippen molar-refractivity contribution in [1.29, 1.82) is 0 Å². The second kappa shape index (κ2) is 6.76. The van der Waals surface area contributed by atoms with Gasteiger partial charge >= 0.3 is 5.69 Å². The number of rotatable bonds is 5. The van der Waals surface area contributed by atoms with Crippen LogP contribution in [0.4, 0.5) is 5.69 Å². The van der Waals surface area contributed by atoms with Gasteiger partial charge in [0.1, 0.15) is 0 Å². The van der Waals surface area contributed by atoms with Crippen LogP contribution in [-0.2, 0) is 0 Å². The monoisotopic (exact) mass is 333 g/mol. The molecule has 1 N–H and O–H groups in total. The van der Waals surface area contributed by atoms with Crippen LogP contribution >= 0.6 is 0 Å². The van der Waals surface area contributed by atoms with E-state index < -0.39 is 4.92 Å². The smallest absolute Gasteiger partial charge is 0.311 e. The number of nitrogens with zero attached hydrogens (tertiary/aromatic N) is 2. The summed E-state index contributed by atoms with van der Waals surface area (Å²) in [5.74, 6) is 0.0223. The SMILES string of the molecule is CCOc1ccc(C(=O)N(C)C2CC3CCC(C2)N3)cc1[N+](=O)[O-]. The lowest BCUT2D eigenvalue weighted by atomic mass is 9.98. The fourth-order valence-corrected chi connectivity index (χ4v) is 3.78. The third kappa shape index (κ3) is 3.21. The molecule has 7 nitrogen and oxygen atoms in total. The van der Waals surface area contributed by atoms with E-state index in [4.69, 9.17) is 4.74 Å². The van der Waals surface area contributed by atoms with Crippen molar-refractivity contribution in [2.45, 2.75) is 50.7 Å². The molecule has 2 atom stereocenters. The molecule has 1 aromatic rings. The molecule has 3 rings (SSSR count). The van der Waals surface area contributed by atoms with E-state index in [9.17, 15) is 14.9 Å². The van der Waals surface area contributed by atoms with E-state index >= 15 is 0 Å². The van der Waals surface area contributed by atoms with Gasteiger partial charge in [0.2, 0.25) is 0 Å². The number of amides is 1. The Balaban J connectivity index is 1.78. The molecule has 1 aromatic carbocycles. The Morgan fingerprint density at radius 3 is 2.62 bits per heavy atom. The zero-order valence-electron chi connectivity index (χ0n) is 14.0. The van der Waals surface area contributed by atoms with Crippen molar-refractivity contribution >= 4 is 11.6 Å². The molecule has 2 heterocycles. The fraction of sp³-hybridized carbons (Fsp3) is 0.588. The van der Waals surface area contributed by atoms with Crippen LogP contribution in [0, 0.1) is 10.1 Å². The van der Waals surface area contributed by atoms with E-state index in [2.05, 4.69) is 5.32 Å². The first kappa shape index (κ1) is 16.7. The number of nitro benzene ring substituents is 1. The summed E-state index contributed by atoms with van der Waals surface area (Å²) in [5.41, 5.74) is 0.167. The third-order valence-corrected chi connectivity index (χ3v) is 5.02. The number of ether oxygens (including phenoxy) is 1. The fourth-order valence-electron chi connectivity index (χ4n) is 3.78. The Labute approximate surface area is 141 Å². The van der Waals surface area contributed by atoms with E-state index in [0.29, 0.717) is 24.3 Å². The molecule has 7 heteroatoms. The Morgan fingerprint density at radius 1 is 1.38 bits per heavy atom. The van der Waals surface area contributed by atoms with E-state index in [1.54, 1.807) is 24.9 Å². The minimum absolute atomic E-state index is 0.165. The summed E-state index contributed by atoms with van der Waals surface area (Å²) in [6.07, 6.45) is 4.21. The van der Waals surface area contributed by atoms with Gasteiger partial charge in [0.05, 0.1) is 11.5 Å². The normalized spacial score (nSPS) is 25.3. The number of hydrogen-bond acceptors (Lipinski definition) is 5. The van der Waals surface area contributed by atoms with Crippen molar-refractivity contribution in [3.05, 3.63) is 33.9 Å². The molecule has 2 saturated heterocycles. The van der Waals surface area contributed by atoms with Crippen molar-refractivity contribution in [3.63, 3.8) is 0 Å². The molecule has 2 unspecified atom stereocenters. The maximum atomic E-state index is 12.8. The quantitative estimate of drug-likeness (QED) is 0.660. The van der Waals surface area contributed by atoms with Gasteiger partial charge in [0, 0.05) is 36.8 Å². The first-order chi connectivity index (χ1) is 11.5. The largest absolute Gasteiger partial charge is 0.487 e. The number of hydrogen-bond donors (Lipinski definition) is 1. The molecule has 2 aliphatic rings. The molecule has 2 aliphatic heterocycles. The predicted octanol–water partition coefficient (Wildman–Crippen LogP) is 2.35. The standard InChI is InChI=1S/C17H23N3O4/c1-3-24-16-7-4-11(8-15(16)20(22)23)17(21)19(2)14-9-12-5-6-13(10-14)18-12/h4,7-8,12-14,18H,3,5-6,9-10H2,1-2H3. The van der Waals surface area contributed by atoms with Crippen LogP contribution < -0.4 is 10.1 Å². The topological polar surface area (TPSA) is 84.7 Å². The number of nitrogens with one attached hydrogen (secondary N) is 1. The maximum absolute atomic E-state index is 12.8. The summed E-state index contributed by atoms with van der Waals surface area (Å²) >= 11 is 0. The molecule has 0 radical (unpaired) electrons. The molecule has 130 valence electrons. The third-order valence-electron chi connectivity index (χ3n) is 5.02. The molecule has 0 aliphatic carbocycles. The van der Waals surface area contributed by atoms with Crippen molar-refractivity contribution in [1.82, 2.24) is 10.2 Å². The second-order valence-electron chi connectivity index (χ2n) is 6.55. The molecule has 0 spiro atoms. The first-order valence-corrected chi connectivity index (χ1v) is 8.44. The molecular formula is C17H23N3O4. The maximum Gasteiger partial charge on any atom is 0.311 e. The lowest BCUT2D eigenvalue weighted by molar-refractivity contribution is -0.385. The number of piperidine rings is 1. The van der Waals surface area contributed by atoms with Crippen LogP contribution in [0.2, 0.25) is 0 Å². The molecular weight excluding hydrogens is 310 g/mol. The number of carbonyl (C=O) groups is 1. The van der Waals surface area contributed by atoms with Gasteiger partial charge in [-0.15, -0.1) is 0 Å². The minimum Gasteiger partial charge on any atom is -0.487 e. The summed E-state index contributed by atoms with van der Waals surface area (Å²) in [6.45, 7) is 2.11. The number of fused-ring (bicyclic) bond motifs is 2. The summed E-state index contributed by atoms with van der Waals surface area (Å²) in [4.78, 5) is 25.2. The minimum atomic E-state index is -0.507. The average molecular weight is 333 g/mol. The van der Waals surface area contributed by atoms with Gasteiger partial charge in [-0.3, -0.25) is 14.9 Å². The van der Waals surface area contributed by atoms with E-state index in [0.717, 1.165) is 25.7 Å². The lowest BCUT2D eigenvalue weighted by Crippen LogP contribution is -2.48. The summed E-state index contributed by atoms with van der Waals surface area (Å²) in [7, 11) is 1.79. The van der Waals surface area contributed by atoms with Gasteiger partial charge < -0.3 is 15.0 Å². The van der Waals surface area contributed by atoms with Gasteiger partial charge in [-0.1, -0.05) is 0 Å². The zero-order valence-corrected chi connectivity index (χ0v) is 14.0. The van der Waals surface area contributed by atoms with Crippen LogP contribution in [0.25, 0.3) is 0 Å². The zero-order chi connectivity index (χ0) is 17.3. The van der Waals surface area contributed by atoms with Gasteiger partial charge in [0.15, 0.2) is 5.75 Å². The molecule has 0 aromatic heterocycles. The molecule has 2 bridgehead atoms. The lowest BCUT2D eigenvalue weighted by Gasteiger charge is -2.35. The predicted molar refractivity (Wildman–Crippen MR) is 89.3 cm³/mol. The molecule has 2 fully saturated rings. The highest BCUT2D eigenvalue weighted by molar-refractivity contribution is 5.95. The Kier molecular flexibility index (Phi) is 4.71. The highest BCUT2D eigenvalue weighted by Crippen LogP contribution is 2.31. The molecule has 0 saturated carbocycles. The van der Waals surface area contributed by atoms with Crippen molar-refractivity contribution in [2.24, 2.45) is 0 Å². The summed E-state index contributed by atoms with van der Waals surface area (Å²) in [5, 5.41) is 14.8. The highest BCUT2D eigenvalue weighted by atomic mass is 16.6. The summed E-state index contributed by atoms with van der Waals surface area (Å²) in [6, 6.07) is 5.58. The molecule has 1 amide bonds. The van der Waals surface area contributed by atoms with E-state index in [1.165, 1.54) is 12.1 Å². The second-order valence-corrected chi connectivity index (χ2v) is 6.55. The number of carbonyl (C=O) groups excluding carboxylic acids is 1. The van der Waals surface area contributed by atoms with Crippen molar-refractivity contribution in [3.8, 4) is 5.75 Å². The average Bonchev–Trinajstić information content (AvgIpc) is 2.92. The Hall–Kier alpha value is -2.15. The van der Waals surface area contributed by atoms with Gasteiger partial charge in [-0.2, -0.15) is 0 Å². The van der Waals surface area contributed by atoms with Gasteiger partial charge in [-0.25, -0.2) is 0 Å². The highest BCUT2D eigenvalue weighted by Gasteiger charge is 2.36. The van der Waals surface area contributed by atoms with Crippen LogP contribution in [0.5, 0.6) is 5.75 Å². The summed E-state index contributed by atoms with van der Waals surface area (Å²) < 4.78 is 5.27. The number of benzene rings is 1. The van der Waals surface area contributed by atoms with Crippen LogP contribution in [0.1, 0.15) is 43.0 Å². The molecule has 24 heavy (non-hydrogen) atoms. The first-order valence-electron chi connectivity index (χ1n) is 8.44. The van der Waals surface area contributed by atoms with E-state index in [-0.39, 0.29) is 23.4 Å².